The van der Waals surface area contributed by atoms with Crippen LogP contribution in [0.25, 0.3) is 0 Å². The molecule has 0 bridgehead atoms. The first-order valence-electron chi connectivity index (χ1n) is 7.11. The zero-order chi connectivity index (χ0) is 12.8. The summed E-state index contributed by atoms with van der Waals surface area (Å²) in [5.41, 5.74) is 1.63. The van der Waals surface area contributed by atoms with Gasteiger partial charge in [-0.3, -0.25) is 0 Å². The Morgan fingerprint density at radius 2 is 2.17 bits per heavy atom. The van der Waals surface area contributed by atoms with Crippen LogP contribution in [0.1, 0.15) is 51.9 Å². The zero-order valence-corrected chi connectivity index (χ0v) is 11.1. The van der Waals surface area contributed by atoms with Crippen molar-refractivity contribution < 1.29 is 5.11 Å². The van der Waals surface area contributed by atoms with Gasteiger partial charge in [-0.05, 0) is 57.4 Å². The maximum absolute atomic E-state index is 11.1. The first-order chi connectivity index (χ1) is 8.60. The van der Waals surface area contributed by atoms with Gasteiger partial charge >= 0.3 is 0 Å². The molecule has 2 nitrogen and oxygen atoms in total. The lowest BCUT2D eigenvalue weighted by atomic mass is 9.54. The second kappa shape index (κ2) is 3.96. The Bertz CT molecular complexity index is 470. The number of allylic oxidation sites excluding steroid dienone is 3. The lowest BCUT2D eigenvalue weighted by Crippen LogP contribution is -2.52. The number of nitriles is 1. The van der Waals surface area contributed by atoms with Crippen LogP contribution in [-0.4, -0.2) is 10.7 Å². The molecule has 0 saturated heterocycles. The topological polar surface area (TPSA) is 44.0 Å². The van der Waals surface area contributed by atoms with Crippen molar-refractivity contribution in [1.29, 1.82) is 5.26 Å². The largest absolute Gasteiger partial charge is 0.389 e. The molecule has 18 heavy (non-hydrogen) atoms. The molecule has 2 heteroatoms. The van der Waals surface area contributed by atoms with Gasteiger partial charge in [-0.1, -0.05) is 17.7 Å². The molecule has 3 aliphatic carbocycles. The van der Waals surface area contributed by atoms with Crippen LogP contribution >= 0.6 is 0 Å². The standard InChI is InChI=1S/C16H21NO/c1-12-5-9-16(18)8-3-7-15(11-17)6-2-4-13(10-12)14(15)16/h4,10,14,18H,2-3,5-9H2,1H3/t14-,15-,16-/m1/s1. The number of rotatable bonds is 0. The van der Waals surface area contributed by atoms with Gasteiger partial charge in [0.25, 0.3) is 0 Å². The number of hydrogen-bond acceptors (Lipinski definition) is 2. The van der Waals surface area contributed by atoms with E-state index in [9.17, 15) is 10.4 Å². The van der Waals surface area contributed by atoms with E-state index in [-0.39, 0.29) is 11.3 Å². The highest BCUT2D eigenvalue weighted by atomic mass is 16.3. The molecule has 0 aromatic rings. The molecule has 0 heterocycles. The molecule has 0 aromatic heterocycles. The average Bonchev–Trinajstić information content (AvgIpc) is 2.49. The van der Waals surface area contributed by atoms with E-state index in [1.807, 2.05) is 0 Å². The number of aliphatic hydroxyl groups is 1. The average molecular weight is 243 g/mol. The predicted molar refractivity (Wildman–Crippen MR) is 70.6 cm³/mol. The van der Waals surface area contributed by atoms with Crippen LogP contribution in [0.2, 0.25) is 0 Å². The molecule has 0 aliphatic heterocycles. The van der Waals surface area contributed by atoms with Gasteiger partial charge in [0.1, 0.15) is 0 Å². The van der Waals surface area contributed by atoms with Crippen molar-refractivity contribution in [2.24, 2.45) is 11.3 Å². The zero-order valence-electron chi connectivity index (χ0n) is 11.1. The third-order valence-electron chi connectivity index (χ3n) is 5.21. The minimum atomic E-state index is -0.644. The Balaban J connectivity index is 2.14. The van der Waals surface area contributed by atoms with Crippen molar-refractivity contribution in [3.63, 3.8) is 0 Å². The summed E-state index contributed by atoms with van der Waals surface area (Å²) >= 11 is 0. The Morgan fingerprint density at radius 3 is 2.94 bits per heavy atom. The Labute approximate surface area is 109 Å². The summed E-state index contributed by atoms with van der Waals surface area (Å²) in [5, 5.41) is 20.8. The van der Waals surface area contributed by atoms with E-state index in [1.54, 1.807) is 0 Å². The summed E-state index contributed by atoms with van der Waals surface area (Å²) in [6.07, 6.45) is 11.0. The van der Waals surface area contributed by atoms with Crippen LogP contribution in [0.3, 0.4) is 0 Å². The fraction of sp³-hybridized carbons (Fsp3) is 0.688. The second-order valence-electron chi connectivity index (χ2n) is 6.39. The number of nitrogens with zero attached hydrogens (tertiary/aromatic N) is 1. The first kappa shape index (κ1) is 12.0. The predicted octanol–water partition coefficient (Wildman–Crippen LogP) is 3.49. The first-order valence-corrected chi connectivity index (χ1v) is 7.11. The minimum absolute atomic E-state index is 0.0509. The smallest absolute Gasteiger partial charge is 0.0734 e. The van der Waals surface area contributed by atoms with E-state index in [0.29, 0.717) is 0 Å². The van der Waals surface area contributed by atoms with E-state index in [1.165, 1.54) is 11.1 Å². The maximum atomic E-state index is 11.1. The van der Waals surface area contributed by atoms with Crippen LogP contribution in [0.5, 0.6) is 0 Å². The SMILES string of the molecule is CC1=CC2=CCC[C@]3(C#N)CCC[C@@](O)(CC1)[C@H]23. The van der Waals surface area contributed by atoms with E-state index in [4.69, 9.17) is 0 Å². The highest BCUT2D eigenvalue weighted by Gasteiger charge is 2.55. The summed E-state index contributed by atoms with van der Waals surface area (Å²) < 4.78 is 0. The van der Waals surface area contributed by atoms with Crippen LogP contribution in [0.15, 0.2) is 23.3 Å². The Hall–Kier alpha value is -1.07. The third-order valence-corrected chi connectivity index (χ3v) is 5.21. The molecular weight excluding hydrogens is 222 g/mol. The molecule has 3 rings (SSSR count). The molecule has 96 valence electrons. The van der Waals surface area contributed by atoms with Crippen molar-refractivity contribution in [1.82, 2.24) is 0 Å². The summed E-state index contributed by atoms with van der Waals surface area (Å²) in [7, 11) is 0. The summed E-state index contributed by atoms with van der Waals surface area (Å²) in [4.78, 5) is 0. The summed E-state index contributed by atoms with van der Waals surface area (Å²) in [5.74, 6) is 0.0509. The van der Waals surface area contributed by atoms with Crippen molar-refractivity contribution in [3.05, 3.63) is 23.3 Å². The van der Waals surface area contributed by atoms with Gasteiger partial charge in [0.15, 0.2) is 0 Å². The molecule has 0 aromatic carbocycles. The molecule has 1 fully saturated rings. The summed E-state index contributed by atoms with van der Waals surface area (Å²) in [6.45, 7) is 2.14. The van der Waals surface area contributed by atoms with Crippen molar-refractivity contribution >= 4 is 0 Å². The van der Waals surface area contributed by atoms with Gasteiger partial charge in [0, 0.05) is 5.92 Å². The van der Waals surface area contributed by atoms with Gasteiger partial charge < -0.3 is 5.11 Å². The number of hydrogen-bond donors (Lipinski definition) is 1. The van der Waals surface area contributed by atoms with E-state index < -0.39 is 5.60 Å². The molecule has 0 spiro atoms. The van der Waals surface area contributed by atoms with Gasteiger partial charge in [-0.25, -0.2) is 0 Å². The van der Waals surface area contributed by atoms with Crippen molar-refractivity contribution in [3.8, 4) is 6.07 Å². The molecular formula is C16H21NO. The van der Waals surface area contributed by atoms with Gasteiger partial charge in [0.05, 0.1) is 17.1 Å². The third kappa shape index (κ3) is 1.57. The van der Waals surface area contributed by atoms with Gasteiger partial charge in [-0.2, -0.15) is 5.26 Å². The minimum Gasteiger partial charge on any atom is -0.389 e. The van der Waals surface area contributed by atoms with Crippen molar-refractivity contribution in [2.75, 3.05) is 0 Å². The maximum Gasteiger partial charge on any atom is 0.0734 e. The lowest BCUT2D eigenvalue weighted by Gasteiger charge is -2.51. The highest BCUT2D eigenvalue weighted by molar-refractivity contribution is 5.37. The van der Waals surface area contributed by atoms with E-state index >= 15 is 0 Å². The Kier molecular flexibility index (Phi) is 2.64. The normalized spacial score (nSPS) is 43.1. The Morgan fingerprint density at radius 1 is 1.33 bits per heavy atom. The van der Waals surface area contributed by atoms with Crippen LogP contribution in [-0.2, 0) is 0 Å². The molecule has 1 N–H and O–H groups in total. The van der Waals surface area contributed by atoms with Crippen LogP contribution in [0, 0.1) is 22.7 Å². The molecule has 3 aliphatic rings. The molecule has 3 atom stereocenters. The molecule has 1 saturated carbocycles. The highest BCUT2D eigenvalue weighted by Crippen LogP contribution is 2.57. The monoisotopic (exact) mass is 243 g/mol. The molecule has 0 unspecified atom stereocenters. The van der Waals surface area contributed by atoms with Crippen LogP contribution in [0.4, 0.5) is 0 Å². The lowest BCUT2D eigenvalue weighted by molar-refractivity contribution is -0.0862. The fourth-order valence-electron chi connectivity index (χ4n) is 4.38. The fourth-order valence-corrected chi connectivity index (χ4v) is 4.38. The van der Waals surface area contributed by atoms with E-state index in [0.717, 1.165) is 44.9 Å². The van der Waals surface area contributed by atoms with Gasteiger partial charge in [0.2, 0.25) is 0 Å². The second-order valence-corrected chi connectivity index (χ2v) is 6.39. The van der Waals surface area contributed by atoms with Gasteiger partial charge in [-0.15, -0.1) is 0 Å². The quantitative estimate of drug-likeness (QED) is 0.707. The van der Waals surface area contributed by atoms with E-state index in [2.05, 4.69) is 25.1 Å². The summed E-state index contributed by atoms with van der Waals surface area (Å²) in [6, 6.07) is 2.59. The molecule has 0 amide bonds. The van der Waals surface area contributed by atoms with Crippen LogP contribution < -0.4 is 0 Å². The van der Waals surface area contributed by atoms with Crippen molar-refractivity contribution in [2.45, 2.75) is 57.5 Å². The molecule has 0 radical (unpaired) electrons.